The standard InChI is InChI=1S/C19H31N5O3/c1-19(2,3)15(16(20)25)24-18(27)14(12-7-5-4-6-8-12)23-17(26)13-11-21-9-10-22-13/h11-12,14-15H,4-10H2,1-3H3,(H2,20,25)(H,23,26)(H,24,27)/t14-,15+/m0/s1. The van der Waals surface area contributed by atoms with Crippen LogP contribution in [0.5, 0.6) is 0 Å². The van der Waals surface area contributed by atoms with Crippen LogP contribution in [0, 0.1) is 11.3 Å². The Morgan fingerprint density at radius 3 is 2.30 bits per heavy atom. The van der Waals surface area contributed by atoms with Crippen molar-refractivity contribution in [1.82, 2.24) is 10.6 Å². The van der Waals surface area contributed by atoms with Gasteiger partial charge in [0.15, 0.2) is 0 Å². The number of hydrogen-bond donors (Lipinski definition) is 3. The first kappa shape index (κ1) is 21.1. The van der Waals surface area contributed by atoms with Crippen LogP contribution in [-0.2, 0) is 14.4 Å². The lowest BCUT2D eigenvalue weighted by atomic mass is 9.82. The Morgan fingerprint density at radius 1 is 1.11 bits per heavy atom. The van der Waals surface area contributed by atoms with E-state index in [4.69, 9.17) is 5.73 Å². The maximum Gasteiger partial charge on any atom is 0.271 e. The van der Waals surface area contributed by atoms with Gasteiger partial charge in [0, 0.05) is 0 Å². The van der Waals surface area contributed by atoms with E-state index in [0.29, 0.717) is 13.1 Å². The quantitative estimate of drug-likeness (QED) is 0.627. The lowest BCUT2D eigenvalue weighted by molar-refractivity contribution is -0.133. The second kappa shape index (κ2) is 9.10. The molecule has 2 rings (SSSR count). The summed E-state index contributed by atoms with van der Waals surface area (Å²) in [6.07, 6.45) is 6.32. The predicted molar refractivity (Wildman–Crippen MR) is 105 cm³/mol. The summed E-state index contributed by atoms with van der Waals surface area (Å²) in [6.45, 7) is 6.54. The average Bonchev–Trinajstić information content (AvgIpc) is 2.64. The van der Waals surface area contributed by atoms with Gasteiger partial charge >= 0.3 is 0 Å². The van der Waals surface area contributed by atoms with E-state index in [0.717, 1.165) is 32.1 Å². The highest BCUT2D eigenvalue weighted by Crippen LogP contribution is 2.27. The van der Waals surface area contributed by atoms with Crippen LogP contribution in [0.1, 0.15) is 52.9 Å². The van der Waals surface area contributed by atoms with Crippen molar-refractivity contribution in [2.45, 2.75) is 65.0 Å². The first-order chi connectivity index (χ1) is 12.7. The van der Waals surface area contributed by atoms with E-state index >= 15 is 0 Å². The topological polar surface area (TPSA) is 126 Å². The molecule has 1 aliphatic heterocycles. The minimum absolute atomic E-state index is 0.0253. The smallest absolute Gasteiger partial charge is 0.271 e. The Hall–Kier alpha value is -2.25. The van der Waals surface area contributed by atoms with Gasteiger partial charge in [-0.05, 0) is 24.2 Å². The van der Waals surface area contributed by atoms with E-state index in [9.17, 15) is 14.4 Å². The Balaban J connectivity index is 2.16. The number of nitrogens with zero attached hydrogens (tertiary/aromatic N) is 2. The molecule has 1 fully saturated rings. The fraction of sp³-hybridized carbons (Fsp3) is 0.737. The SMILES string of the molecule is CC(C)(C)[C@H](NC(=O)[C@@H](NC(=O)C1=NCCN=C1)C1CCCCC1)C(N)=O. The number of amides is 3. The average molecular weight is 377 g/mol. The number of nitrogens with two attached hydrogens (primary N) is 1. The molecule has 8 nitrogen and oxygen atoms in total. The molecule has 0 aromatic carbocycles. The molecule has 0 unspecified atom stereocenters. The van der Waals surface area contributed by atoms with E-state index in [1.807, 2.05) is 20.8 Å². The zero-order valence-corrected chi connectivity index (χ0v) is 16.5. The molecule has 0 spiro atoms. The maximum atomic E-state index is 13.0. The molecule has 8 heteroatoms. The van der Waals surface area contributed by atoms with Gasteiger partial charge in [-0.1, -0.05) is 40.0 Å². The lowest BCUT2D eigenvalue weighted by Crippen LogP contribution is -2.59. The van der Waals surface area contributed by atoms with Crippen LogP contribution in [0.4, 0.5) is 0 Å². The molecule has 0 bridgehead atoms. The highest BCUT2D eigenvalue weighted by molar-refractivity contribution is 6.61. The third-order valence-electron chi connectivity index (χ3n) is 5.08. The van der Waals surface area contributed by atoms with Crippen molar-refractivity contribution >= 4 is 29.6 Å². The molecule has 1 saturated carbocycles. The zero-order chi connectivity index (χ0) is 20.0. The molecule has 1 aliphatic carbocycles. The summed E-state index contributed by atoms with van der Waals surface area (Å²) in [7, 11) is 0. The van der Waals surface area contributed by atoms with E-state index in [2.05, 4.69) is 20.6 Å². The van der Waals surface area contributed by atoms with E-state index < -0.39 is 29.3 Å². The van der Waals surface area contributed by atoms with Gasteiger partial charge in [0.05, 0.1) is 19.3 Å². The number of aliphatic imine (C=N–C) groups is 2. The van der Waals surface area contributed by atoms with Crippen molar-refractivity contribution < 1.29 is 14.4 Å². The largest absolute Gasteiger partial charge is 0.368 e. The van der Waals surface area contributed by atoms with Crippen molar-refractivity contribution in [3.05, 3.63) is 0 Å². The predicted octanol–water partition coefficient (Wildman–Crippen LogP) is 0.593. The molecule has 0 aromatic heterocycles. The summed E-state index contributed by atoms with van der Waals surface area (Å²) in [5.41, 5.74) is 5.20. The number of primary amides is 1. The van der Waals surface area contributed by atoms with Gasteiger partial charge in [0.25, 0.3) is 5.91 Å². The summed E-state index contributed by atoms with van der Waals surface area (Å²) in [5.74, 6) is -1.34. The highest BCUT2D eigenvalue weighted by atomic mass is 16.2. The Labute approximate surface area is 160 Å². The van der Waals surface area contributed by atoms with Crippen LogP contribution in [0.15, 0.2) is 9.98 Å². The molecule has 150 valence electrons. The molecule has 27 heavy (non-hydrogen) atoms. The summed E-state index contributed by atoms with van der Waals surface area (Å²) in [4.78, 5) is 45.7. The van der Waals surface area contributed by atoms with Crippen LogP contribution < -0.4 is 16.4 Å². The van der Waals surface area contributed by atoms with E-state index in [1.54, 1.807) is 0 Å². The van der Waals surface area contributed by atoms with Crippen molar-refractivity contribution in [2.24, 2.45) is 27.1 Å². The van der Waals surface area contributed by atoms with Crippen molar-refractivity contribution in [2.75, 3.05) is 13.1 Å². The van der Waals surface area contributed by atoms with Crippen LogP contribution in [0.2, 0.25) is 0 Å². The molecule has 3 amide bonds. The van der Waals surface area contributed by atoms with Crippen LogP contribution >= 0.6 is 0 Å². The number of nitrogens with one attached hydrogen (secondary N) is 2. The summed E-state index contributed by atoms with van der Waals surface area (Å²) >= 11 is 0. The van der Waals surface area contributed by atoms with E-state index in [1.165, 1.54) is 6.21 Å². The molecular weight excluding hydrogens is 346 g/mol. The Morgan fingerprint density at radius 2 is 1.78 bits per heavy atom. The van der Waals surface area contributed by atoms with Gasteiger partial charge in [0.2, 0.25) is 11.8 Å². The van der Waals surface area contributed by atoms with Crippen molar-refractivity contribution in [1.29, 1.82) is 0 Å². The minimum atomic E-state index is -0.818. The molecule has 2 aliphatic rings. The summed E-state index contributed by atoms with van der Waals surface area (Å²) in [5, 5.41) is 5.59. The second-order valence-electron chi connectivity index (χ2n) is 8.36. The normalized spacial score (nSPS) is 20.3. The molecule has 2 atom stereocenters. The molecule has 4 N–H and O–H groups in total. The second-order valence-corrected chi connectivity index (χ2v) is 8.36. The maximum absolute atomic E-state index is 13.0. The first-order valence-electron chi connectivity index (χ1n) is 9.65. The van der Waals surface area contributed by atoms with Gasteiger partial charge in [-0.15, -0.1) is 0 Å². The zero-order valence-electron chi connectivity index (χ0n) is 16.5. The Kier molecular flexibility index (Phi) is 7.10. The van der Waals surface area contributed by atoms with Gasteiger partial charge in [-0.2, -0.15) is 0 Å². The molecule has 0 aromatic rings. The van der Waals surface area contributed by atoms with Gasteiger partial charge in [-0.25, -0.2) is 0 Å². The number of carbonyl (C=O) groups is 3. The highest BCUT2D eigenvalue weighted by Gasteiger charge is 2.37. The van der Waals surface area contributed by atoms with Gasteiger partial charge in [-0.3, -0.25) is 24.4 Å². The summed E-state index contributed by atoms with van der Waals surface area (Å²) in [6, 6.07) is -1.54. The van der Waals surface area contributed by atoms with Crippen LogP contribution in [0.3, 0.4) is 0 Å². The van der Waals surface area contributed by atoms with Gasteiger partial charge < -0.3 is 16.4 Å². The lowest BCUT2D eigenvalue weighted by Gasteiger charge is -2.34. The number of carbonyl (C=O) groups excluding carboxylic acids is 3. The molecule has 0 saturated heterocycles. The van der Waals surface area contributed by atoms with Crippen LogP contribution in [0.25, 0.3) is 0 Å². The molecule has 1 heterocycles. The number of hydrogen-bond acceptors (Lipinski definition) is 5. The van der Waals surface area contributed by atoms with Crippen LogP contribution in [-0.4, -0.2) is 54.8 Å². The fourth-order valence-electron chi connectivity index (χ4n) is 3.58. The number of rotatable bonds is 6. The minimum Gasteiger partial charge on any atom is -0.368 e. The molecular formula is C19H31N5O3. The third kappa shape index (κ3) is 5.87. The first-order valence-corrected chi connectivity index (χ1v) is 9.65. The Bertz CT molecular complexity index is 630. The monoisotopic (exact) mass is 377 g/mol. The fourth-order valence-corrected chi connectivity index (χ4v) is 3.58. The molecule has 0 radical (unpaired) electrons. The van der Waals surface area contributed by atoms with Crippen molar-refractivity contribution in [3.63, 3.8) is 0 Å². The van der Waals surface area contributed by atoms with Gasteiger partial charge in [0.1, 0.15) is 17.8 Å². The van der Waals surface area contributed by atoms with E-state index in [-0.39, 0.29) is 17.5 Å². The third-order valence-corrected chi connectivity index (χ3v) is 5.08. The van der Waals surface area contributed by atoms with Crippen molar-refractivity contribution in [3.8, 4) is 0 Å². The summed E-state index contributed by atoms with van der Waals surface area (Å²) < 4.78 is 0.